The Hall–Kier alpha value is -1.88. The van der Waals surface area contributed by atoms with Crippen LogP contribution >= 0.6 is 0 Å². The van der Waals surface area contributed by atoms with Gasteiger partial charge in [-0.1, -0.05) is 18.2 Å². The lowest BCUT2D eigenvalue weighted by Gasteiger charge is -2.03. The molecule has 1 atom stereocenters. The number of carboxylic acid groups (broad SMARTS) is 1. The number of carboxylic acids is 1. The van der Waals surface area contributed by atoms with E-state index in [1.165, 1.54) is 0 Å². The summed E-state index contributed by atoms with van der Waals surface area (Å²) in [5, 5.41) is 14.2. The fourth-order valence-corrected chi connectivity index (χ4v) is 1.88. The van der Waals surface area contributed by atoms with Crippen LogP contribution in [-0.4, -0.2) is 26.9 Å². The van der Waals surface area contributed by atoms with Crippen molar-refractivity contribution in [3.8, 4) is 0 Å². The van der Waals surface area contributed by atoms with Crippen molar-refractivity contribution in [2.75, 3.05) is 0 Å². The van der Waals surface area contributed by atoms with Crippen molar-refractivity contribution in [1.82, 2.24) is 9.78 Å². The number of benzene rings is 1. The van der Waals surface area contributed by atoms with Crippen molar-refractivity contribution in [2.45, 2.75) is 25.9 Å². The first-order valence-corrected chi connectivity index (χ1v) is 5.56. The molecule has 1 heterocycles. The lowest BCUT2D eigenvalue weighted by molar-refractivity contribution is -0.138. The average molecular weight is 233 g/mol. The predicted molar refractivity (Wildman–Crippen MR) is 64.7 cm³/mol. The molecule has 0 spiro atoms. The number of rotatable bonds is 4. The highest BCUT2D eigenvalue weighted by molar-refractivity contribution is 5.83. The topological polar surface area (TPSA) is 81.1 Å². The maximum absolute atomic E-state index is 10.8. The second kappa shape index (κ2) is 4.55. The Labute approximate surface area is 98.8 Å². The number of aryl methyl sites for hydroxylation is 1. The van der Waals surface area contributed by atoms with E-state index in [4.69, 9.17) is 10.8 Å². The number of carbonyl (C=O) groups is 1. The van der Waals surface area contributed by atoms with E-state index in [2.05, 4.69) is 5.10 Å². The van der Waals surface area contributed by atoms with Gasteiger partial charge < -0.3 is 10.8 Å². The molecular weight excluding hydrogens is 218 g/mol. The van der Waals surface area contributed by atoms with Crippen LogP contribution in [0.2, 0.25) is 0 Å². The molecule has 5 heteroatoms. The van der Waals surface area contributed by atoms with Crippen LogP contribution in [0, 0.1) is 0 Å². The fraction of sp³-hybridized carbons (Fsp3) is 0.333. The predicted octanol–water partition coefficient (Wildman–Crippen LogP) is 1.01. The molecule has 1 unspecified atom stereocenters. The van der Waals surface area contributed by atoms with Gasteiger partial charge in [0.2, 0.25) is 0 Å². The molecule has 0 radical (unpaired) electrons. The third-order valence-electron chi connectivity index (χ3n) is 2.76. The van der Waals surface area contributed by atoms with Crippen molar-refractivity contribution in [1.29, 1.82) is 0 Å². The summed E-state index contributed by atoms with van der Waals surface area (Å²) in [6.07, 6.45) is 0.253. The summed E-state index contributed by atoms with van der Waals surface area (Å²) < 4.78 is 1.86. The average Bonchev–Trinajstić information content (AvgIpc) is 2.68. The molecule has 0 saturated heterocycles. The molecule has 1 aromatic carbocycles. The molecule has 2 aromatic rings. The summed E-state index contributed by atoms with van der Waals surface area (Å²) >= 11 is 0. The van der Waals surface area contributed by atoms with Gasteiger partial charge in [0.1, 0.15) is 6.04 Å². The molecule has 0 aliphatic rings. The number of para-hydroxylation sites is 1. The quantitative estimate of drug-likeness (QED) is 0.825. The number of aromatic nitrogens is 2. The molecule has 0 amide bonds. The Bertz CT molecular complexity index is 548. The highest BCUT2D eigenvalue weighted by Crippen LogP contribution is 2.19. The van der Waals surface area contributed by atoms with Gasteiger partial charge in [-0.05, 0) is 13.0 Å². The normalized spacial score (nSPS) is 12.8. The summed E-state index contributed by atoms with van der Waals surface area (Å²) in [6.45, 7) is 2.75. The van der Waals surface area contributed by atoms with Crippen molar-refractivity contribution >= 4 is 16.9 Å². The zero-order valence-electron chi connectivity index (χ0n) is 9.63. The number of aliphatic carboxylic acids is 1. The maximum Gasteiger partial charge on any atom is 0.320 e. The van der Waals surface area contributed by atoms with E-state index < -0.39 is 12.0 Å². The van der Waals surface area contributed by atoms with E-state index in [1.54, 1.807) is 0 Å². The van der Waals surface area contributed by atoms with E-state index in [0.29, 0.717) is 0 Å². The SMILES string of the molecule is CCn1nc(CC(N)C(=O)O)c2ccccc21. The minimum absolute atomic E-state index is 0.253. The van der Waals surface area contributed by atoms with Crippen LogP contribution < -0.4 is 5.73 Å². The minimum Gasteiger partial charge on any atom is -0.480 e. The summed E-state index contributed by atoms with van der Waals surface area (Å²) in [5.41, 5.74) is 7.31. The number of fused-ring (bicyclic) bond motifs is 1. The van der Waals surface area contributed by atoms with Gasteiger partial charge in [0.05, 0.1) is 11.2 Å². The first-order chi connectivity index (χ1) is 8.13. The van der Waals surface area contributed by atoms with E-state index in [9.17, 15) is 4.79 Å². The Morgan fingerprint density at radius 1 is 1.53 bits per heavy atom. The van der Waals surface area contributed by atoms with E-state index in [1.807, 2.05) is 35.9 Å². The van der Waals surface area contributed by atoms with Crippen molar-refractivity contribution in [2.24, 2.45) is 5.73 Å². The van der Waals surface area contributed by atoms with Crippen LogP contribution in [0.15, 0.2) is 24.3 Å². The third kappa shape index (κ3) is 2.14. The second-order valence-electron chi connectivity index (χ2n) is 3.93. The van der Waals surface area contributed by atoms with E-state index in [0.717, 1.165) is 23.1 Å². The highest BCUT2D eigenvalue weighted by Gasteiger charge is 2.17. The largest absolute Gasteiger partial charge is 0.480 e. The fourth-order valence-electron chi connectivity index (χ4n) is 1.88. The number of hydrogen-bond acceptors (Lipinski definition) is 3. The Balaban J connectivity index is 2.44. The van der Waals surface area contributed by atoms with Gasteiger partial charge in [0.25, 0.3) is 0 Å². The Kier molecular flexibility index (Phi) is 3.10. The summed E-state index contributed by atoms with van der Waals surface area (Å²) in [5.74, 6) is -1.000. The molecule has 90 valence electrons. The van der Waals surface area contributed by atoms with Gasteiger partial charge in [-0.2, -0.15) is 5.10 Å². The molecule has 0 aliphatic carbocycles. The molecule has 1 aromatic heterocycles. The van der Waals surface area contributed by atoms with Gasteiger partial charge in [-0.15, -0.1) is 0 Å². The molecule has 2 rings (SSSR count). The lowest BCUT2D eigenvalue weighted by Crippen LogP contribution is -2.32. The van der Waals surface area contributed by atoms with Crippen LogP contribution in [0.25, 0.3) is 10.9 Å². The molecule has 0 aliphatic heterocycles. The monoisotopic (exact) mass is 233 g/mol. The van der Waals surface area contributed by atoms with Gasteiger partial charge in [0, 0.05) is 18.4 Å². The summed E-state index contributed by atoms with van der Waals surface area (Å²) in [4.78, 5) is 10.8. The zero-order valence-corrected chi connectivity index (χ0v) is 9.63. The molecule has 17 heavy (non-hydrogen) atoms. The van der Waals surface area contributed by atoms with Gasteiger partial charge in [0.15, 0.2) is 0 Å². The highest BCUT2D eigenvalue weighted by atomic mass is 16.4. The van der Waals surface area contributed by atoms with E-state index >= 15 is 0 Å². The molecule has 0 saturated carbocycles. The first kappa shape index (κ1) is 11.6. The van der Waals surface area contributed by atoms with Crippen molar-refractivity contribution < 1.29 is 9.90 Å². The van der Waals surface area contributed by atoms with Crippen molar-refractivity contribution in [3.05, 3.63) is 30.0 Å². The second-order valence-corrected chi connectivity index (χ2v) is 3.93. The zero-order chi connectivity index (χ0) is 12.4. The molecule has 5 nitrogen and oxygen atoms in total. The smallest absolute Gasteiger partial charge is 0.320 e. The lowest BCUT2D eigenvalue weighted by atomic mass is 10.1. The van der Waals surface area contributed by atoms with Crippen LogP contribution in [0.3, 0.4) is 0 Å². The van der Waals surface area contributed by atoms with Crippen LogP contribution in [-0.2, 0) is 17.8 Å². The van der Waals surface area contributed by atoms with Gasteiger partial charge in [-0.3, -0.25) is 9.48 Å². The van der Waals surface area contributed by atoms with Crippen molar-refractivity contribution in [3.63, 3.8) is 0 Å². The molecular formula is C12H15N3O2. The number of hydrogen-bond donors (Lipinski definition) is 2. The standard InChI is InChI=1S/C12H15N3O2/c1-2-15-11-6-4-3-5-8(11)10(14-15)7-9(13)12(16)17/h3-6,9H,2,7,13H2,1H3,(H,16,17). The van der Waals surface area contributed by atoms with Crippen LogP contribution in [0.5, 0.6) is 0 Å². The number of nitrogens with zero attached hydrogens (tertiary/aromatic N) is 2. The maximum atomic E-state index is 10.8. The Morgan fingerprint density at radius 3 is 2.88 bits per heavy atom. The van der Waals surface area contributed by atoms with Gasteiger partial charge in [-0.25, -0.2) is 0 Å². The molecule has 0 fully saturated rings. The molecule has 0 bridgehead atoms. The van der Waals surface area contributed by atoms with Crippen LogP contribution in [0.1, 0.15) is 12.6 Å². The summed E-state index contributed by atoms with van der Waals surface area (Å²) in [7, 11) is 0. The van der Waals surface area contributed by atoms with E-state index in [-0.39, 0.29) is 6.42 Å². The first-order valence-electron chi connectivity index (χ1n) is 5.56. The number of nitrogens with two attached hydrogens (primary N) is 1. The third-order valence-corrected chi connectivity index (χ3v) is 2.76. The minimum atomic E-state index is -1.000. The Morgan fingerprint density at radius 2 is 2.24 bits per heavy atom. The molecule has 3 N–H and O–H groups in total. The van der Waals surface area contributed by atoms with Gasteiger partial charge >= 0.3 is 5.97 Å². The summed E-state index contributed by atoms with van der Waals surface area (Å²) in [6, 6.07) is 6.87. The van der Waals surface area contributed by atoms with Crippen LogP contribution in [0.4, 0.5) is 0 Å².